The highest BCUT2D eigenvalue weighted by atomic mass is 19.3. The maximum atomic E-state index is 12.2. The van der Waals surface area contributed by atoms with Gasteiger partial charge in [-0.05, 0) is 43.0 Å². The van der Waals surface area contributed by atoms with Crippen LogP contribution in [0.15, 0.2) is 24.3 Å². The van der Waals surface area contributed by atoms with Gasteiger partial charge < -0.3 is 10.1 Å². The zero-order valence-electron chi connectivity index (χ0n) is 10.5. The lowest BCUT2D eigenvalue weighted by Crippen LogP contribution is -2.32. The summed E-state index contributed by atoms with van der Waals surface area (Å²) < 4.78 is 28.9. The molecule has 0 aromatic heterocycles. The highest BCUT2D eigenvalue weighted by molar-refractivity contribution is 5.31. The summed E-state index contributed by atoms with van der Waals surface area (Å²) in [5.74, 6) is 0.858. The minimum atomic E-state index is -2.76. The van der Waals surface area contributed by atoms with Crippen LogP contribution >= 0.6 is 0 Å². The fourth-order valence-electron chi connectivity index (χ4n) is 2.43. The molecular weight excluding hydrogens is 236 g/mol. The molecule has 18 heavy (non-hydrogen) atoms. The van der Waals surface area contributed by atoms with Crippen LogP contribution in [0.5, 0.6) is 5.75 Å². The average Bonchev–Trinajstić information content (AvgIpc) is 2.25. The second-order valence-electron chi connectivity index (χ2n) is 4.68. The Bertz CT molecular complexity index is 380. The van der Waals surface area contributed by atoms with Gasteiger partial charge in [0, 0.05) is 6.04 Å². The normalized spacial score (nSPS) is 17.6. The van der Waals surface area contributed by atoms with Gasteiger partial charge in [-0.1, -0.05) is 25.5 Å². The van der Waals surface area contributed by atoms with Crippen LogP contribution in [0, 0.1) is 5.92 Å². The van der Waals surface area contributed by atoms with E-state index >= 15 is 0 Å². The third-order valence-electron chi connectivity index (χ3n) is 3.49. The Hall–Kier alpha value is -1.16. The molecule has 1 saturated carbocycles. The van der Waals surface area contributed by atoms with Gasteiger partial charge in [0.15, 0.2) is 0 Å². The molecule has 0 amide bonds. The van der Waals surface area contributed by atoms with Crippen molar-refractivity contribution in [1.82, 2.24) is 5.32 Å². The summed E-state index contributed by atoms with van der Waals surface area (Å²) in [6.07, 6.45) is 3.68. The van der Waals surface area contributed by atoms with Crippen molar-refractivity contribution in [2.75, 3.05) is 6.54 Å². The van der Waals surface area contributed by atoms with Crippen molar-refractivity contribution in [3.63, 3.8) is 0 Å². The first-order valence-corrected chi connectivity index (χ1v) is 6.49. The molecule has 0 spiro atoms. The van der Waals surface area contributed by atoms with Gasteiger partial charge in [-0.15, -0.1) is 0 Å². The first-order valence-electron chi connectivity index (χ1n) is 6.49. The van der Waals surface area contributed by atoms with Crippen molar-refractivity contribution in [2.24, 2.45) is 5.92 Å². The molecule has 0 heterocycles. The van der Waals surface area contributed by atoms with Crippen molar-refractivity contribution in [1.29, 1.82) is 0 Å². The van der Waals surface area contributed by atoms with E-state index in [0.29, 0.717) is 5.92 Å². The molecule has 1 N–H and O–H groups in total. The highest BCUT2D eigenvalue weighted by Gasteiger charge is 2.28. The number of benzene rings is 1. The average molecular weight is 255 g/mol. The standard InChI is InChI=1S/C14H19F2NO/c1-2-17-13(10-5-3-6-10)11-7-4-8-12(9-11)18-14(15)16/h4,7-10,13-14,17H,2-3,5-6H2,1H3. The van der Waals surface area contributed by atoms with Crippen molar-refractivity contribution in [3.8, 4) is 5.75 Å². The smallest absolute Gasteiger partial charge is 0.387 e. The number of hydrogen-bond acceptors (Lipinski definition) is 2. The van der Waals surface area contributed by atoms with Crippen molar-refractivity contribution in [2.45, 2.75) is 38.8 Å². The first-order chi connectivity index (χ1) is 8.70. The van der Waals surface area contributed by atoms with Crippen LogP contribution in [0.3, 0.4) is 0 Å². The first kappa shape index (κ1) is 13.3. The molecule has 1 atom stereocenters. The fraction of sp³-hybridized carbons (Fsp3) is 0.571. The third kappa shape index (κ3) is 3.19. The predicted molar refractivity (Wildman–Crippen MR) is 66.8 cm³/mol. The molecule has 1 fully saturated rings. The molecule has 1 unspecified atom stereocenters. The van der Waals surface area contributed by atoms with Gasteiger partial charge in [-0.25, -0.2) is 0 Å². The molecule has 100 valence electrons. The lowest BCUT2D eigenvalue weighted by molar-refractivity contribution is -0.0499. The van der Waals surface area contributed by atoms with Gasteiger partial charge in [-0.3, -0.25) is 0 Å². The lowest BCUT2D eigenvalue weighted by Gasteiger charge is -2.34. The molecular formula is C14H19F2NO. The Morgan fingerprint density at radius 2 is 2.17 bits per heavy atom. The molecule has 1 aliphatic rings. The van der Waals surface area contributed by atoms with Gasteiger partial charge in [0.2, 0.25) is 0 Å². The van der Waals surface area contributed by atoms with E-state index in [-0.39, 0.29) is 11.8 Å². The van der Waals surface area contributed by atoms with Gasteiger partial charge in [-0.2, -0.15) is 8.78 Å². The molecule has 4 heteroatoms. The molecule has 0 bridgehead atoms. The quantitative estimate of drug-likeness (QED) is 0.836. The highest BCUT2D eigenvalue weighted by Crippen LogP contribution is 2.38. The summed E-state index contributed by atoms with van der Waals surface area (Å²) in [4.78, 5) is 0. The number of rotatable bonds is 6. The minimum absolute atomic E-state index is 0.240. The molecule has 0 radical (unpaired) electrons. The maximum Gasteiger partial charge on any atom is 0.387 e. The van der Waals surface area contributed by atoms with Crippen molar-refractivity contribution >= 4 is 0 Å². The predicted octanol–water partition coefficient (Wildman–Crippen LogP) is 3.74. The Balaban J connectivity index is 2.13. The van der Waals surface area contributed by atoms with E-state index in [1.807, 2.05) is 6.07 Å². The Kier molecular flexibility index (Phi) is 4.53. The van der Waals surface area contributed by atoms with E-state index in [9.17, 15) is 8.78 Å². The van der Waals surface area contributed by atoms with Crippen LogP contribution in [-0.2, 0) is 0 Å². The van der Waals surface area contributed by atoms with E-state index in [1.165, 1.54) is 19.3 Å². The molecule has 1 aromatic rings. The van der Waals surface area contributed by atoms with Crippen molar-refractivity contribution < 1.29 is 13.5 Å². The zero-order chi connectivity index (χ0) is 13.0. The van der Waals surface area contributed by atoms with Crippen LogP contribution < -0.4 is 10.1 Å². The van der Waals surface area contributed by atoms with Gasteiger partial charge in [0.05, 0.1) is 0 Å². The Labute approximate surface area is 106 Å². The van der Waals surface area contributed by atoms with Crippen LogP contribution in [0.1, 0.15) is 37.8 Å². The maximum absolute atomic E-state index is 12.2. The van der Waals surface area contributed by atoms with E-state index in [0.717, 1.165) is 12.1 Å². The lowest BCUT2D eigenvalue weighted by atomic mass is 9.77. The summed E-state index contributed by atoms with van der Waals surface area (Å²) in [7, 11) is 0. The van der Waals surface area contributed by atoms with Gasteiger partial charge in [0.25, 0.3) is 0 Å². The fourth-order valence-corrected chi connectivity index (χ4v) is 2.43. The van der Waals surface area contributed by atoms with Gasteiger partial charge >= 0.3 is 6.61 Å². The second-order valence-corrected chi connectivity index (χ2v) is 4.68. The van der Waals surface area contributed by atoms with Crippen molar-refractivity contribution in [3.05, 3.63) is 29.8 Å². The number of nitrogens with one attached hydrogen (secondary N) is 1. The van der Waals surface area contributed by atoms with Crippen LogP contribution in [0.4, 0.5) is 8.78 Å². The van der Waals surface area contributed by atoms with Crippen LogP contribution in [-0.4, -0.2) is 13.2 Å². The largest absolute Gasteiger partial charge is 0.435 e. The van der Waals surface area contributed by atoms with Gasteiger partial charge in [0.1, 0.15) is 5.75 Å². The van der Waals surface area contributed by atoms with E-state index in [2.05, 4.69) is 17.0 Å². The summed E-state index contributed by atoms with van der Waals surface area (Å²) in [5, 5.41) is 3.44. The monoisotopic (exact) mass is 255 g/mol. The summed E-state index contributed by atoms with van der Waals surface area (Å²) in [6.45, 7) is 0.174. The summed E-state index contributed by atoms with van der Waals surface area (Å²) in [5.41, 5.74) is 1.04. The number of alkyl halides is 2. The molecule has 2 rings (SSSR count). The van der Waals surface area contributed by atoms with E-state index < -0.39 is 6.61 Å². The second kappa shape index (κ2) is 6.14. The van der Waals surface area contributed by atoms with E-state index in [1.54, 1.807) is 18.2 Å². The SMILES string of the molecule is CCNC(c1cccc(OC(F)F)c1)C1CCC1. The van der Waals surface area contributed by atoms with Crippen LogP contribution in [0.2, 0.25) is 0 Å². The topological polar surface area (TPSA) is 21.3 Å². The summed E-state index contributed by atoms with van der Waals surface area (Å²) in [6, 6.07) is 7.29. The Morgan fingerprint density at radius 3 is 2.72 bits per heavy atom. The molecule has 1 aromatic carbocycles. The zero-order valence-corrected chi connectivity index (χ0v) is 10.5. The minimum Gasteiger partial charge on any atom is -0.435 e. The van der Waals surface area contributed by atoms with E-state index in [4.69, 9.17) is 0 Å². The third-order valence-corrected chi connectivity index (χ3v) is 3.49. The summed E-state index contributed by atoms with van der Waals surface area (Å²) >= 11 is 0. The molecule has 2 nitrogen and oxygen atoms in total. The van der Waals surface area contributed by atoms with Crippen LogP contribution in [0.25, 0.3) is 0 Å². The Morgan fingerprint density at radius 1 is 1.39 bits per heavy atom. The molecule has 0 aliphatic heterocycles. The number of ether oxygens (including phenoxy) is 1. The number of hydrogen-bond donors (Lipinski definition) is 1. The number of halogens is 2. The molecule has 1 aliphatic carbocycles. The molecule has 0 saturated heterocycles.